The van der Waals surface area contributed by atoms with Gasteiger partial charge in [0.2, 0.25) is 0 Å². The first-order valence-electron chi connectivity index (χ1n) is 6.09. The Bertz CT molecular complexity index is 441. The second-order valence-electron chi connectivity index (χ2n) is 5.51. The molecule has 0 unspecified atom stereocenters. The molecule has 4 heteroatoms. The van der Waals surface area contributed by atoms with Gasteiger partial charge >= 0.3 is 0 Å². The van der Waals surface area contributed by atoms with E-state index in [1.165, 1.54) is 7.11 Å². The summed E-state index contributed by atoms with van der Waals surface area (Å²) >= 11 is 0. The molecule has 1 saturated heterocycles. The highest BCUT2D eigenvalue weighted by molar-refractivity contribution is 5.37. The Hall–Kier alpha value is -1.13. The van der Waals surface area contributed by atoms with Crippen LogP contribution >= 0.6 is 0 Å². The molecule has 1 fully saturated rings. The minimum atomic E-state index is -0.339. The van der Waals surface area contributed by atoms with E-state index in [0.717, 1.165) is 5.56 Å². The Labute approximate surface area is 107 Å². The molecule has 0 saturated carbocycles. The Morgan fingerprint density at radius 3 is 2.50 bits per heavy atom. The Balaban J connectivity index is 2.43. The molecule has 1 aromatic rings. The van der Waals surface area contributed by atoms with Crippen molar-refractivity contribution in [1.29, 1.82) is 0 Å². The Morgan fingerprint density at radius 1 is 1.44 bits per heavy atom. The molecule has 0 spiro atoms. The van der Waals surface area contributed by atoms with Gasteiger partial charge in [-0.3, -0.25) is 0 Å². The molecular formula is C14H20FNO2. The largest absolute Gasteiger partial charge is 0.494 e. The van der Waals surface area contributed by atoms with Crippen LogP contribution in [0.4, 0.5) is 4.39 Å². The van der Waals surface area contributed by atoms with E-state index in [4.69, 9.17) is 15.2 Å². The number of hydrogen-bond acceptors (Lipinski definition) is 3. The highest BCUT2D eigenvalue weighted by Crippen LogP contribution is 2.47. The van der Waals surface area contributed by atoms with Crippen molar-refractivity contribution in [2.75, 3.05) is 26.9 Å². The first kappa shape index (κ1) is 13.3. The zero-order valence-electron chi connectivity index (χ0n) is 11.1. The Kier molecular flexibility index (Phi) is 3.34. The summed E-state index contributed by atoms with van der Waals surface area (Å²) in [6.07, 6.45) is 0. The van der Waals surface area contributed by atoms with Crippen molar-refractivity contribution in [3.05, 3.63) is 29.6 Å². The summed E-state index contributed by atoms with van der Waals surface area (Å²) in [5.74, 6) is -0.0752. The van der Waals surface area contributed by atoms with Gasteiger partial charge in [0.25, 0.3) is 0 Å². The zero-order valence-corrected chi connectivity index (χ0v) is 11.1. The quantitative estimate of drug-likeness (QED) is 0.893. The molecule has 100 valence electrons. The van der Waals surface area contributed by atoms with Gasteiger partial charge < -0.3 is 15.2 Å². The molecule has 3 nitrogen and oxygen atoms in total. The molecule has 1 aliphatic rings. The smallest absolute Gasteiger partial charge is 0.165 e. The maximum atomic E-state index is 13.8. The minimum absolute atomic E-state index is 0.133. The van der Waals surface area contributed by atoms with E-state index < -0.39 is 0 Å². The van der Waals surface area contributed by atoms with Crippen LogP contribution in [0, 0.1) is 11.2 Å². The van der Waals surface area contributed by atoms with Crippen molar-refractivity contribution in [2.24, 2.45) is 11.1 Å². The van der Waals surface area contributed by atoms with Crippen LogP contribution < -0.4 is 10.5 Å². The van der Waals surface area contributed by atoms with Crippen molar-refractivity contribution in [2.45, 2.75) is 19.3 Å². The van der Waals surface area contributed by atoms with Crippen molar-refractivity contribution >= 4 is 0 Å². The van der Waals surface area contributed by atoms with Crippen LogP contribution in [0.2, 0.25) is 0 Å². The molecule has 2 N–H and O–H groups in total. The van der Waals surface area contributed by atoms with Gasteiger partial charge in [0.15, 0.2) is 11.6 Å². The Morgan fingerprint density at radius 2 is 2.11 bits per heavy atom. The summed E-state index contributed by atoms with van der Waals surface area (Å²) in [5, 5.41) is 0. The summed E-state index contributed by atoms with van der Waals surface area (Å²) in [5.41, 5.74) is 6.46. The van der Waals surface area contributed by atoms with Gasteiger partial charge in [0.1, 0.15) is 0 Å². The fourth-order valence-corrected chi connectivity index (χ4v) is 2.41. The van der Waals surface area contributed by atoms with Crippen molar-refractivity contribution < 1.29 is 13.9 Å². The van der Waals surface area contributed by atoms with Gasteiger partial charge in [-0.05, 0) is 29.7 Å². The normalized spacial score (nSPS) is 18.3. The van der Waals surface area contributed by atoms with Crippen LogP contribution in [-0.2, 0) is 10.2 Å². The van der Waals surface area contributed by atoms with Gasteiger partial charge in [-0.15, -0.1) is 0 Å². The number of ether oxygens (including phenoxy) is 2. The van der Waals surface area contributed by atoms with Crippen LogP contribution in [0.1, 0.15) is 19.4 Å². The maximum absolute atomic E-state index is 13.8. The average Bonchev–Trinajstić information content (AvgIpc) is 2.27. The minimum Gasteiger partial charge on any atom is -0.494 e. The lowest BCUT2D eigenvalue weighted by molar-refractivity contribution is -0.116. The number of nitrogens with two attached hydrogens (primary N) is 1. The molecule has 0 radical (unpaired) electrons. The summed E-state index contributed by atoms with van der Waals surface area (Å²) in [6, 6.07) is 5.11. The third-order valence-corrected chi connectivity index (χ3v) is 4.21. The second-order valence-corrected chi connectivity index (χ2v) is 5.51. The molecule has 18 heavy (non-hydrogen) atoms. The lowest BCUT2D eigenvalue weighted by Gasteiger charge is -2.52. The second kappa shape index (κ2) is 4.52. The van der Waals surface area contributed by atoms with Gasteiger partial charge in [0, 0.05) is 5.41 Å². The first-order valence-corrected chi connectivity index (χ1v) is 6.09. The summed E-state index contributed by atoms with van der Waals surface area (Å²) in [4.78, 5) is 0. The number of benzene rings is 1. The van der Waals surface area contributed by atoms with Crippen molar-refractivity contribution in [1.82, 2.24) is 0 Å². The van der Waals surface area contributed by atoms with Gasteiger partial charge in [-0.1, -0.05) is 19.9 Å². The fraction of sp³-hybridized carbons (Fsp3) is 0.571. The monoisotopic (exact) mass is 253 g/mol. The van der Waals surface area contributed by atoms with Crippen molar-refractivity contribution in [3.63, 3.8) is 0 Å². The molecule has 0 aromatic heterocycles. The van der Waals surface area contributed by atoms with Gasteiger partial charge in [-0.2, -0.15) is 0 Å². The molecule has 0 amide bonds. The highest BCUT2D eigenvalue weighted by Gasteiger charge is 2.51. The van der Waals surface area contributed by atoms with Crippen LogP contribution in [0.25, 0.3) is 0 Å². The maximum Gasteiger partial charge on any atom is 0.165 e. The summed E-state index contributed by atoms with van der Waals surface area (Å²) in [6.45, 7) is 5.89. The van der Waals surface area contributed by atoms with Gasteiger partial charge in [-0.25, -0.2) is 4.39 Å². The SMILES string of the molecule is COc1ccc(C2(C(C)(C)CN)COC2)cc1F. The van der Waals surface area contributed by atoms with Crippen LogP contribution in [0.5, 0.6) is 5.75 Å². The van der Waals surface area contributed by atoms with E-state index in [1.54, 1.807) is 12.1 Å². The third-order valence-electron chi connectivity index (χ3n) is 4.21. The van der Waals surface area contributed by atoms with E-state index >= 15 is 0 Å². The topological polar surface area (TPSA) is 44.5 Å². The number of rotatable bonds is 4. The number of halogens is 1. The third kappa shape index (κ3) is 1.80. The van der Waals surface area contributed by atoms with E-state index in [2.05, 4.69) is 13.8 Å². The van der Waals surface area contributed by atoms with E-state index in [0.29, 0.717) is 19.8 Å². The predicted octanol–water partition coefficient (Wildman–Crippen LogP) is 2.09. The lowest BCUT2D eigenvalue weighted by atomic mass is 9.60. The van der Waals surface area contributed by atoms with Gasteiger partial charge in [0.05, 0.1) is 20.3 Å². The zero-order chi connectivity index (χ0) is 13.4. The predicted molar refractivity (Wildman–Crippen MR) is 68.3 cm³/mol. The molecule has 2 rings (SSSR count). The molecule has 0 atom stereocenters. The summed E-state index contributed by atoms with van der Waals surface area (Å²) < 4.78 is 24.1. The summed E-state index contributed by atoms with van der Waals surface area (Å²) in [7, 11) is 1.46. The average molecular weight is 253 g/mol. The first-order chi connectivity index (χ1) is 8.47. The van der Waals surface area contributed by atoms with E-state index in [1.807, 2.05) is 6.07 Å². The van der Waals surface area contributed by atoms with Crippen LogP contribution in [0.15, 0.2) is 18.2 Å². The molecular weight excluding hydrogens is 233 g/mol. The fourth-order valence-electron chi connectivity index (χ4n) is 2.41. The van der Waals surface area contributed by atoms with Crippen molar-refractivity contribution in [3.8, 4) is 5.75 Å². The molecule has 1 aliphatic heterocycles. The molecule has 0 bridgehead atoms. The van der Waals surface area contributed by atoms with E-state index in [9.17, 15) is 4.39 Å². The number of methoxy groups -OCH3 is 1. The molecule has 0 aliphatic carbocycles. The van der Waals surface area contributed by atoms with E-state index in [-0.39, 0.29) is 22.4 Å². The standard InChI is InChI=1S/C14H20FNO2/c1-13(2,7-16)14(8-18-9-14)10-4-5-12(17-3)11(15)6-10/h4-6H,7-9,16H2,1-3H3. The number of hydrogen-bond donors (Lipinski definition) is 1. The van der Waals surface area contributed by atoms with Crippen LogP contribution in [0.3, 0.4) is 0 Å². The molecule has 1 heterocycles. The van der Waals surface area contributed by atoms with Crippen LogP contribution in [-0.4, -0.2) is 26.9 Å². The molecule has 1 aromatic carbocycles. The lowest BCUT2D eigenvalue weighted by Crippen LogP contribution is -2.59. The highest BCUT2D eigenvalue weighted by atomic mass is 19.1.